The van der Waals surface area contributed by atoms with Crippen molar-refractivity contribution < 1.29 is 9.90 Å². The van der Waals surface area contributed by atoms with Gasteiger partial charge in [0.25, 0.3) is 0 Å². The first-order valence-electron chi connectivity index (χ1n) is 4.79. The number of nitrogens with two attached hydrogens (primary N) is 1. The number of nitrogen functional groups attached to an aromatic ring is 1. The van der Waals surface area contributed by atoms with Gasteiger partial charge in [0.15, 0.2) is 0 Å². The number of benzene rings is 1. The summed E-state index contributed by atoms with van der Waals surface area (Å²) in [6.07, 6.45) is -0.100. The molecule has 0 saturated carbocycles. The number of hydrogen-bond acceptors (Lipinski definition) is 4. The lowest BCUT2D eigenvalue weighted by molar-refractivity contribution is -0.136. The van der Waals surface area contributed by atoms with Gasteiger partial charge in [0.1, 0.15) is 10.8 Å². The predicted octanol–water partition coefficient (Wildman–Crippen LogP) is 2.67. The summed E-state index contributed by atoms with van der Waals surface area (Å²) in [6, 6.07) is 7.16. The SMILES string of the molecule is Nc1nc(-c2ccc(Cl)cc2)sc1CC(=O)O. The lowest BCUT2D eigenvalue weighted by atomic mass is 10.2. The lowest BCUT2D eigenvalue weighted by Gasteiger charge is -1.94. The Hall–Kier alpha value is -1.59. The molecule has 1 aromatic heterocycles. The van der Waals surface area contributed by atoms with E-state index in [0.717, 1.165) is 5.56 Å². The summed E-state index contributed by atoms with van der Waals surface area (Å²) in [4.78, 5) is 15.3. The maximum absolute atomic E-state index is 10.6. The van der Waals surface area contributed by atoms with Crippen LogP contribution < -0.4 is 5.73 Å². The molecule has 0 aliphatic heterocycles. The van der Waals surface area contributed by atoms with Crippen molar-refractivity contribution in [3.05, 3.63) is 34.2 Å². The van der Waals surface area contributed by atoms with Crippen LogP contribution in [0.15, 0.2) is 24.3 Å². The van der Waals surface area contributed by atoms with Crippen LogP contribution in [-0.2, 0) is 11.2 Å². The molecule has 1 heterocycles. The molecule has 2 aromatic rings. The van der Waals surface area contributed by atoms with Crippen molar-refractivity contribution in [3.8, 4) is 10.6 Å². The molecule has 0 bridgehead atoms. The van der Waals surface area contributed by atoms with Crippen LogP contribution in [0.5, 0.6) is 0 Å². The number of rotatable bonds is 3. The standard InChI is InChI=1S/C11H9ClN2O2S/c12-7-3-1-6(2-4-7)11-14-10(13)8(17-11)5-9(15)16/h1-4H,5,13H2,(H,15,16). The Labute approximate surface area is 107 Å². The highest BCUT2D eigenvalue weighted by Gasteiger charge is 2.12. The van der Waals surface area contributed by atoms with E-state index in [0.29, 0.717) is 14.9 Å². The molecule has 3 N–H and O–H groups in total. The second-order valence-corrected chi connectivity index (χ2v) is 4.92. The maximum atomic E-state index is 10.6. The van der Waals surface area contributed by atoms with Crippen LogP contribution in [0.1, 0.15) is 4.88 Å². The van der Waals surface area contributed by atoms with Gasteiger partial charge in [0, 0.05) is 10.6 Å². The molecule has 88 valence electrons. The van der Waals surface area contributed by atoms with Crippen molar-refractivity contribution in [2.75, 3.05) is 5.73 Å². The molecule has 0 spiro atoms. The molecule has 1 aromatic carbocycles. The number of carboxylic acid groups (broad SMARTS) is 1. The number of aromatic nitrogens is 1. The Morgan fingerprint density at radius 3 is 2.65 bits per heavy atom. The van der Waals surface area contributed by atoms with Gasteiger partial charge >= 0.3 is 5.97 Å². The lowest BCUT2D eigenvalue weighted by Crippen LogP contribution is -2.00. The molecule has 0 radical (unpaired) electrons. The summed E-state index contributed by atoms with van der Waals surface area (Å²) >= 11 is 7.07. The van der Waals surface area contributed by atoms with E-state index in [1.807, 2.05) is 12.1 Å². The minimum absolute atomic E-state index is 0.100. The fourth-order valence-electron chi connectivity index (χ4n) is 1.34. The maximum Gasteiger partial charge on any atom is 0.308 e. The highest BCUT2D eigenvalue weighted by Crippen LogP contribution is 2.30. The zero-order valence-electron chi connectivity index (χ0n) is 8.68. The Morgan fingerprint density at radius 2 is 2.06 bits per heavy atom. The van der Waals surface area contributed by atoms with E-state index < -0.39 is 5.97 Å². The van der Waals surface area contributed by atoms with Crippen molar-refractivity contribution in [1.29, 1.82) is 0 Å². The molecule has 0 aliphatic carbocycles. The van der Waals surface area contributed by atoms with Crippen LogP contribution in [-0.4, -0.2) is 16.1 Å². The van der Waals surface area contributed by atoms with Crippen LogP contribution in [0.2, 0.25) is 5.02 Å². The predicted molar refractivity (Wildman–Crippen MR) is 68.3 cm³/mol. The third-order valence-corrected chi connectivity index (χ3v) is 3.50. The molecule has 0 unspecified atom stereocenters. The summed E-state index contributed by atoms with van der Waals surface area (Å²) < 4.78 is 0. The van der Waals surface area contributed by atoms with E-state index in [4.69, 9.17) is 22.4 Å². The highest BCUT2D eigenvalue weighted by molar-refractivity contribution is 7.15. The van der Waals surface area contributed by atoms with Crippen molar-refractivity contribution >= 4 is 34.7 Å². The Kier molecular flexibility index (Phi) is 3.31. The Bertz CT molecular complexity index is 551. The van der Waals surface area contributed by atoms with E-state index in [9.17, 15) is 4.79 Å². The van der Waals surface area contributed by atoms with Crippen molar-refractivity contribution in [1.82, 2.24) is 4.98 Å². The molecule has 4 nitrogen and oxygen atoms in total. The smallest absolute Gasteiger partial charge is 0.308 e. The first-order chi connectivity index (χ1) is 8.06. The molecule has 0 fully saturated rings. The van der Waals surface area contributed by atoms with Gasteiger partial charge in [0.2, 0.25) is 0 Å². The molecular formula is C11H9ClN2O2S. The van der Waals surface area contributed by atoms with Gasteiger partial charge in [-0.05, 0) is 12.1 Å². The summed E-state index contributed by atoms with van der Waals surface area (Å²) in [7, 11) is 0. The average Bonchev–Trinajstić information content (AvgIpc) is 2.60. The molecule has 6 heteroatoms. The summed E-state index contributed by atoms with van der Waals surface area (Å²) in [5, 5.41) is 10.1. The highest BCUT2D eigenvalue weighted by atomic mass is 35.5. The van der Waals surface area contributed by atoms with Gasteiger partial charge in [-0.2, -0.15) is 0 Å². The molecule has 0 aliphatic rings. The van der Waals surface area contributed by atoms with Gasteiger partial charge in [-0.3, -0.25) is 4.79 Å². The second-order valence-electron chi connectivity index (χ2n) is 3.40. The summed E-state index contributed by atoms with van der Waals surface area (Å²) in [6.45, 7) is 0. The fourth-order valence-corrected chi connectivity index (χ4v) is 2.45. The average molecular weight is 269 g/mol. The minimum atomic E-state index is -0.914. The fraction of sp³-hybridized carbons (Fsp3) is 0.0909. The van der Waals surface area contributed by atoms with E-state index in [2.05, 4.69) is 4.98 Å². The van der Waals surface area contributed by atoms with Crippen LogP contribution in [0, 0.1) is 0 Å². The van der Waals surface area contributed by atoms with Crippen LogP contribution >= 0.6 is 22.9 Å². The zero-order valence-corrected chi connectivity index (χ0v) is 10.3. The molecule has 2 rings (SSSR count). The van der Waals surface area contributed by atoms with Crippen LogP contribution in [0.25, 0.3) is 10.6 Å². The molecule has 0 saturated heterocycles. The number of halogens is 1. The monoisotopic (exact) mass is 268 g/mol. The number of hydrogen-bond donors (Lipinski definition) is 2. The molecule has 17 heavy (non-hydrogen) atoms. The zero-order chi connectivity index (χ0) is 12.4. The first kappa shape index (κ1) is 11.9. The normalized spacial score (nSPS) is 10.4. The van der Waals surface area contributed by atoms with E-state index in [-0.39, 0.29) is 12.2 Å². The number of nitrogens with zero attached hydrogens (tertiary/aromatic N) is 1. The van der Waals surface area contributed by atoms with Gasteiger partial charge in [-0.25, -0.2) is 4.98 Å². The third kappa shape index (κ3) is 2.75. The largest absolute Gasteiger partial charge is 0.481 e. The van der Waals surface area contributed by atoms with Gasteiger partial charge in [-0.1, -0.05) is 23.7 Å². The summed E-state index contributed by atoms with van der Waals surface area (Å²) in [5.41, 5.74) is 6.54. The number of aliphatic carboxylic acids is 1. The van der Waals surface area contributed by atoms with Gasteiger partial charge in [-0.15, -0.1) is 11.3 Å². The molecule has 0 amide bonds. The Balaban J connectivity index is 2.34. The third-order valence-electron chi connectivity index (χ3n) is 2.13. The van der Waals surface area contributed by atoms with Gasteiger partial charge < -0.3 is 10.8 Å². The van der Waals surface area contributed by atoms with Crippen LogP contribution in [0.3, 0.4) is 0 Å². The molecule has 0 atom stereocenters. The second kappa shape index (κ2) is 4.73. The molecular weight excluding hydrogens is 260 g/mol. The number of carbonyl (C=O) groups is 1. The summed E-state index contributed by atoms with van der Waals surface area (Å²) in [5.74, 6) is -0.634. The first-order valence-corrected chi connectivity index (χ1v) is 5.98. The van der Waals surface area contributed by atoms with Gasteiger partial charge in [0.05, 0.1) is 11.3 Å². The van der Waals surface area contributed by atoms with E-state index in [1.54, 1.807) is 12.1 Å². The number of thiazole rings is 1. The van der Waals surface area contributed by atoms with Crippen molar-refractivity contribution in [2.24, 2.45) is 0 Å². The Morgan fingerprint density at radius 1 is 1.41 bits per heavy atom. The quantitative estimate of drug-likeness (QED) is 0.897. The minimum Gasteiger partial charge on any atom is -0.481 e. The number of anilines is 1. The van der Waals surface area contributed by atoms with E-state index in [1.165, 1.54) is 11.3 Å². The number of carboxylic acids is 1. The van der Waals surface area contributed by atoms with Crippen molar-refractivity contribution in [3.63, 3.8) is 0 Å². The van der Waals surface area contributed by atoms with E-state index >= 15 is 0 Å². The van der Waals surface area contributed by atoms with Crippen LogP contribution in [0.4, 0.5) is 5.82 Å². The van der Waals surface area contributed by atoms with Crippen molar-refractivity contribution in [2.45, 2.75) is 6.42 Å². The topological polar surface area (TPSA) is 76.2 Å².